The van der Waals surface area contributed by atoms with Crippen molar-refractivity contribution in [2.45, 2.75) is 105 Å². The van der Waals surface area contributed by atoms with E-state index in [0.29, 0.717) is 0 Å². The van der Waals surface area contributed by atoms with Crippen LogP contribution in [0.1, 0.15) is 105 Å². The molecule has 0 radical (unpaired) electrons. The van der Waals surface area contributed by atoms with Gasteiger partial charge in [0.05, 0.1) is 38.8 Å². The van der Waals surface area contributed by atoms with Crippen molar-refractivity contribution >= 4 is 123 Å². The molecule has 3 aromatic heterocycles. The van der Waals surface area contributed by atoms with Crippen LogP contribution in [0.2, 0.25) is 0 Å². The fraction of sp³-hybridized carbons (Fsp3) is 0.136. The molecule has 0 aliphatic carbocycles. The zero-order valence-electron chi connectivity index (χ0n) is 72.6. The number of para-hydroxylation sites is 2. The molecule has 0 spiro atoms. The highest BCUT2D eigenvalue weighted by molar-refractivity contribution is 7.00. The second kappa shape index (κ2) is 28.7. The summed E-state index contributed by atoms with van der Waals surface area (Å²) in [6, 6.07) is 143. The van der Waals surface area contributed by atoms with Crippen molar-refractivity contribution in [2.24, 2.45) is 0 Å². The van der Waals surface area contributed by atoms with Gasteiger partial charge in [0.1, 0.15) is 0 Å². The molecule has 0 saturated carbocycles. The molecule has 598 valence electrons. The van der Waals surface area contributed by atoms with Gasteiger partial charge in [0.2, 0.25) is 0 Å². The minimum atomic E-state index is -0.266. The van der Waals surface area contributed by atoms with Crippen molar-refractivity contribution in [2.75, 3.05) is 9.80 Å². The van der Waals surface area contributed by atoms with Crippen LogP contribution in [0.4, 0.5) is 34.1 Å². The van der Waals surface area contributed by atoms with E-state index in [4.69, 9.17) is 0 Å². The lowest BCUT2D eigenvalue weighted by atomic mass is 9.33. The first kappa shape index (κ1) is 76.0. The van der Waals surface area contributed by atoms with Crippen LogP contribution in [0.15, 0.2) is 376 Å². The fourth-order valence-corrected chi connectivity index (χ4v) is 20.3. The fourth-order valence-electron chi connectivity index (χ4n) is 20.3. The Balaban J connectivity index is 0.854. The number of rotatable bonds is 11. The summed E-state index contributed by atoms with van der Waals surface area (Å²) in [5.41, 5.74) is 39.4. The van der Waals surface area contributed by atoms with Crippen LogP contribution in [-0.4, -0.2) is 20.4 Å². The summed E-state index contributed by atoms with van der Waals surface area (Å²) in [6.45, 7) is 27.8. The van der Waals surface area contributed by atoms with Crippen LogP contribution < -0.4 is 26.2 Å². The second-order valence-electron chi connectivity index (χ2n) is 38.5. The molecule has 0 unspecified atom stereocenters. The van der Waals surface area contributed by atoms with E-state index < -0.39 is 0 Å². The van der Waals surface area contributed by atoms with Gasteiger partial charge in [0, 0.05) is 77.8 Å². The Morgan fingerprint density at radius 2 is 0.460 bits per heavy atom. The van der Waals surface area contributed by atoms with E-state index in [1.54, 1.807) is 0 Å². The van der Waals surface area contributed by atoms with Crippen LogP contribution in [-0.2, 0) is 21.7 Å². The maximum absolute atomic E-state index is 2.64. The summed E-state index contributed by atoms with van der Waals surface area (Å²) < 4.78 is 7.65. The van der Waals surface area contributed by atoms with Crippen LogP contribution in [0.5, 0.6) is 0 Å². The Kier molecular flexibility index (Phi) is 17.6. The quantitative estimate of drug-likeness (QED) is 0.120. The molecule has 0 fully saturated rings. The number of aromatic nitrogens is 3. The summed E-state index contributed by atoms with van der Waals surface area (Å²) >= 11 is 0. The minimum Gasteiger partial charge on any atom is -0.311 e. The lowest BCUT2D eigenvalue weighted by Gasteiger charge is -2.44. The van der Waals surface area contributed by atoms with Crippen LogP contribution in [0.3, 0.4) is 0 Å². The van der Waals surface area contributed by atoms with Gasteiger partial charge in [-0.2, -0.15) is 0 Å². The third-order valence-corrected chi connectivity index (χ3v) is 26.7. The van der Waals surface area contributed by atoms with Crippen molar-refractivity contribution in [1.82, 2.24) is 13.7 Å². The molecule has 0 N–H and O–H groups in total. The Morgan fingerprint density at radius 3 is 0.766 bits per heavy atom. The largest absolute Gasteiger partial charge is 0.311 e. The first-order valence-corrected chi connectivity index (χ1v) is 44.0. The van der Waals surface area contributed by atoms with E-state index >= 15 is 0 Å². The minimum absolute atomic E-state index is 0.0730. The Bertz CT molecular complexity index is 6960. The molecule has 124 heavy (non-hydrogen) atoms. The van der Waals surface area contributed by atoms with Gasteiger partial charge in [-0.1, -0.05) is 338 Å². The third kappa shape index (κ3) is 12.5. The molecule has 22 rings (SSSR count). The first-order chi connectivity index (χ1) is 60.1. The highest BCUT2D eigenvalue weighted by atomic mass is 15.2. The topological polar surface area (TPSA) is 21.3 Å². The molecule has 6 heteroatoms. The number of hydrogen-bond donors (Lipinski definition) is 0. The van der Waals surface area contributed by atoms with Gasteiger partial charge >= 0.3 is 0 Å². The van der Waals surface area contributed by atoms with Crippen LogP contribution >= 0.6 is 0 Å². The SMILES string of the molecule is CC(C)(C)c1ccc2c(c1)c1cc(C(C)(C)C)ccc1n2-c1ccc2c(c1)N(c1ccc(-c3c(-c4ccccc4)cccc3-c3ccccc3)cc1)c1cc(-n3c4ccccc4c4ccccc43)cc3c1B2c1ccc(-n2c4ccc(C(C)(C)C)cc4c4cc(C(C)(C)C)ccc42)cc1N3c1ccc(-c2c(-c3ccccc3)cccc2-c2ccccc2)cc1. The number of fused-ring (bicyclic) bond motifs is 13. The summed E-state index contributed by atoms with van der Waals surface area (Å²) in [7, 11) is 0. The molecule has 20 aromatic rings. The molecule has 5 nitrogen and oxygen atoms in total. The average molecular weight is 1600 g/mol. The zero-order chi connectivity index (χ0) is 84.4. The summed E-state index contributed by atoms with van der Waals surface area (Å²) in [6.07, 6.45) is 0. The Labute approximate surface area is 728 Å². The maximum atomic E-state index is 2.64. The van der Waals surface area contributed by atoms with E-state index in [1.807, 2.05) is 0 Å². The van der Waals surface area contributed by atoms with E-state index in [1.165, 1.54) is 149 Å². The maximum Gasteiger partial charge on any atom is 0.252 e. The van der Waals surface area contributed by atoms with Gasteiger partial charge < -0.3 is 23.5 Å². The number of hydrogen-bond acceptors (Lipinski definition) is 2. The predicted octanol–water partition coefficient (Wildman–Crippen LogP) is 30.3. The van der Waals surface area contributed by atoms with Crippen LogP contribution in [0.25, 0.3) is 149 Å². The Hall–Kier alpha value is -14.2. The van der Waals surface area contributed by atoms with Gasteiger partial charge in [0.25, 0.3) is 6.71 Å². The van der Waals surface area contributed by atoms with Crippen molar-refractivity contribution < 1.29 is 0 Å². The highest BCUT2D eigenvalue weighted by Crippen LogP contribution is 2.52. The van der Waals surface area contributed by atoms with Crippen molar-refractivity contribution in [1.29, 1.82) is 0 Å². The number of nitrogens with zero attached hydrogens (tertiary/aromatic N) is 5. The van der Waals surface area contributed by atoms with Gasteiger partial charge in [-0.25, -0.2) is 0 Å². The molecular formula is C118H98BN5. The zero-order valence-corrected chi connectivity index (χ0v) is 72.6. The van der Waals surface area contributed by atoms with Gasteiger partial charge in [-0.3, -0.25) is 0 Å². The van der Waals surface area contributed by atoms with Gasteiger partial charge in [-0.15, -0.1) is 0 Å². The third-order valence-electron chi connectivity index (χ3n) is 26.7. The Morgan fingerprint density at radius 1 is 0.194 bits per heavy atom. The summed E-state index contributed by atoms with van der Waals surface area (Å²) in [4.78, 5) is 5.28. The van der Waals surface area contributed by atoms with Gasteiger partial charge in [0.15, 0.2) is 0 Å². The van der Waals surface area contributed by atoms with Crippen molar-refractivity contribution in [3.8, 4) is 83.8 Å². The van der Waals surface area contributed by atoms with E-state index in [2.05, 4.69) is 483 Å². The molecule has 0 bridgehead atoms. The lowest BCUT2D eigenvalue weighted by molar-refractivity contribution is 0.590. The summed E-state index contributed by atoms with van der Waals surface area (Å²) in [5.74, 6) is 0. The number of benzene rings is 17. The molecular weight excluding hydrogens is 1500 g/mol. The van der Waals surface area contributed by atoms with Gasteiger partial charge in [-0.05, 0) is 248 Å². The van der Waals surface area contributed by atoms with Crippen LogP contribution in [0, 0.1) is 0 Å². The number of anilines is 6. The molecule has 0 atom stereocenters. The van der Waals surface area contributed by atoms with Crippen molar-refractivity contribution in [3.63, 3.8) is 0 Å². The van der Waals surface area contributed by atoms with E-state index in [9.17, 15) is 0 Å². The summed E-state index contributed by atoms with van der Waals surface area (Å²) in [5, 5.41) is 7.42. The molecule has 5 heterocycles. The second-order valence-corrected chi connectivity index (χ2v) is 38.5. The van der Waals surface area contributed by atoms with Crippen molar-refractivity contribution in [3.05, 3.63) is 398 Å². The molecule has 0 amide bonds. The lowest BCUT2D eigenvalue weighted by Crippen LogP contribution is -2.61. The molecule has 0 saturated heterocycles. The first-order valence-electron chi connectivity index (χ1n) is 44.0. The molecule has 2 aliphatic rings. The molecule has 2 aliphatic heterocycles. The predicted molar refractivity (Wildman–Crippen MR) is 531 cm³/mol. The van der Waals surface area contributed by atoms with E-state index in [0.717, 1.165) is 73.3 Å². The average Bonchev–Trinajstić information content (AvgIpc) is 0.879. The monoisotopic (exact) mass is 1600 g/mol. The van der Waals surface area contributed by atoms with E-state index in [-0.39, 0.29) is 28.4 Å². The molecule has 17 aromatic carbocycles. The smallest absolute Gasteiger partial charge is 0.252 e. The highest BCUT2D eigenvalue weighted by Gasteiger charge is 2.45. The standard InChI is InChI=1S/C118H98BN5/c1-115(2,3)81-51-63-104-96(67-81)97-68-82(116(4,5)6)52-64-105(97)122(104)87-59-61-100-108(71-87)120(85-55-47-79(48-56-85)112-90(75-31-17-13-18-32-75)41-29-42-91(112)76-33-19-14-20-34-76)110-73-89(124-102-45-27-25-39-94(102)95-40-26-28-46-103(95)124)74-111-114(110)119(100)101-62-60-88(123-106-65-53-83(117(7,8)9)69-98(106)99-70-84(118(10,11)12)54-66-107(99)123)72-109(101)121(111)86-57-49-80(50-58-86)113-92(77-35-21-15-22-36-77)43-30-44-93(113)78-37-23-16-24-38-78/h13-74H,1-12H3. The normalized spacial score (nSPS) is 13.0.